The van der Waals surface area contributed by atoms with Crippen LogP contribution in [0.2, 0.25) is 0 Å². The van der Waals surface area contributed by atoms with Gasteiger partial charge < -0.3 is 10.0 Å². The summed E-state index contributed by atoms with van der Waals surface area (Å²) < 4.78 is 0.977. The molecule has 1 aromatic rings. The van der Waals surface area contributed by atoms with Crippen molar-refractivity contribution in [1.29, 1.82) is 0 Å². The molecule has 1 aliphatic heterocycles. The fraction of sp³-hybridized carbons (Fsp3) is 0.556. The van der Waals surface area contributed by atoms with E-state index in [1.54, 1.807) is 11.8 Å². The molecule has 0 aromatic heterocycles. The lowest BCUT2D eigenvalue weighted by atomic mass is 9.82. The molecule has 1 saturated heterocycles. The van der Waals surface area contributed by atoms with Crippen molar-refractivity contribution in [3.05, 3.63) is 35.9 Å². The third-order valence-corrected chi connectivity index (χ3v) is 6.54. The summed E-state index contributed by atoms with van der Waals surface area (Å²) in [6.45, 7) is 2.78. The summed E-state index contributed by atoms with van der Waals surface area (Å²) in [5.74, 6) is 0.815. The van der Waals surface area contributed by atoms with Gasteiger partial charge in [-0.05, 0) is 37.2 Å². The molecule has 24 heavy (non-hydrogen) atoms. The van der Waals surface area contributed by atoms with E-state index < -0.39 is 5.97 Å². The molecular weight excluding hydrogens is 340 g/mol. The summed E-state index contributed by atoms with van der Waals surface area (Å²) >= 11 is 7.26. The summed E-state index contributed by atoms with van der Waals surface area (Å²) in [6, 6.07) is 10.4. The highest BCUT2D eigenvalue weighted by molar-refractivity contribution is 8.22. The average molecular weight is 365 g/mol. The number of rotatable bonds is 5. The van der Waals surface area contributed by atoms with Crippen LogP contribution in [-0.4, -0.2) is 44.3 Å². The molecule has 0 spiro atoms. The Morgan fingerprint density at radius 1 is 1.21 bits per heavy atom. The smallest absolute Gasteiger partial charge is 0.306 e. The Labute approximate surface area is 153 Å². The van der Waals surface area contributed by atoms with Gasteiger partial charge in [0.2, 0.25) is 0 Å². The zero-order valence-corrected chi connectivity index (χ0v) is 15.4. The van der Waals surface area contributed by atoms with E-state index >= 15 is 0 Å². The number of benzene rings is 1. The van der Waals surface area contributed by atoms with E-state index in [4.69, 9.17) is 17.3 Å². The van der Waals surface area contributed by atoms with Crippen LogP contribution in [0.3, 0.4) is 0 Å². The fourth-order valence-electron chi connectivity index (χ4n) is 3.56. The SMILES string of the molecule is O=C(O)C1CCC(CN2CSC(=S)N(Cc3ccccc3)C2)CC1. The van der Waals surface area contributed by atoms with Crippen molar-refractivity contribution in [1.82, 2.24) is 9.80 Å². The summed E-state index contributed by atoms with van der Waals surface area (Å²) in [6.07, 6.45) is 3.71. The van der Waals surface area contributed by atoms with E-state index in [1.807, 2.05) is 6.07 Å². The standard InChI is InChI=1S/C18H24N2O2S2/c21-17(22)16-8-6-15(7-9-16)10-19-12-20(18(23)24-13-19)11-14-4-2-1-3-5-14/h1-5,15-16H,6-13H2,(H,21,22). The number of hydrogen-bond acceptors (Lipinski definition) is 4. The monoisotopic (exact) mass is 364 g/mol. The minimum atomic E-state index is -0.624. The Kier molecular flexibility index (Phi) is 6.14. The Bertz CT molecular complexity index is 574. The van der Waals surface area contributed by atoms with Crippen molar-refractivity contribution in [3.63, 3.8) is 0 Å². The van der Waals surface area contributed by atoms with Crippen molar-refractivity contribution >= 4 is 34.3 Å². The molecule has 0 bridgehead atoms. The molecule has 0 radical (unpaired) electrons. The van der Waals surface area contributed by atoms with Crippen LogP contribution < -0.4 is 0 Å². The van der Waals surface area contributed by atoms with Crippen molar-refractivity contribution in [2.24, 2.45) is 11.8 Å². The van der Waals surface area contributed by atoms with Gasteiger partial charge >= 0.3 is 5.97 Å². The maximum atomic E-state index is 11.1. The fourth-order valence-corrected chi connectivity index (χ4v) is 4.63. The van der Waals surface area contributed by atoms with Gasteiger partial charge in [0.15, 0.2) is 0 Å². The predicted octanol–water partition coefficient (Wildman–Crippen LogP) is 3.63. The summed E-state index contributed by atoms with van der Waals surface area (Å²) in [5, 5.41) is 9.12. The van der Waals surface area contributed by atoms with Gasteiger partial charge in [0.05, 0.1) is 18.5 Å². The Morgan fingerprint density at radius 2 is 1.92 bits per heavy atom. The number of hydrogen-bond donors (Lipinski definition) is 1. The van der Waals surface area contributed by atoms with Crippen molar-refractivity contribution in [2.45, 2.75) is 32.2 Å². The number of aliphatic carboxylic acids is 1. The minimum absolute atomic E-state index is 0.126. The molecular formula is C18H24N2O2S2. The Hall–Kier alpha value is -1.11. The highest BCUT2D eigenvalue weighted by atomic mass is 32.2. The van der Waals surface area contributed by atoms with Crippen LogP contribution in [0.25, 0.3) is 0 Å². The van der Waals surface area contributed by atoms with Gasteiger partial charge in [-0.1, -0.05) is 54.3 Å². The molecule has 1 aliphatic carbocycles. The predicted molar refractivity (Wildman–Crippen MR) is 102 cm³/mol. The van der Waals surface area contributed by atoms with Crippen molar-refractivity contribution in [3.8, 4) is 0 Å². The van der Waals surface area contributed by atoms with Gasteiger partial charge in [0.25, 0.3) is 0 Å². The first-order valence-electron chi connectivity index (χ1n) is 8.52. The molecule has 2 aliphatic rings. The van der Waals surface area contributed by atoms with Crippen molar-refractivity contribution in [2.75, 3.05) is 19.1 Å². The van der Waals surface area contributed by atoms with Gasteiger partial charge in [-0.2, -0.15) is 0 Å². The van der Waals surface area contributed by atoms with Crippen LogP contribution in [0.5, 0.6) is 0 Å². The zero-order chi connectivity index (χ0) is 16.9. The van der Waals surface area contributed by atoms with Crippen LogP contribution in [0.1, 0.15) is 31.2 Å². The minimum Gasteiger partial charge on any atom is -0.481 e. The number of nitrogens with zero attached hydrogens (tertiary/aromatic N) is 2. The third-order valence-electron chi connectivity index (χ3n) is 4.93. The Balaban J connectivity index is 1.50. The number of carboxylic acid groups (broad SMARTS) is 1. The average Bonchev–Trinajstić information content (AvgIpc) is 2.59. The topological polar surface area (TPSA) is 43.8 Å². The molecule has 130 valence electrons. The summed E-state index contributed by atoms with van der Waals surface area (Å²) in [4.78, 5) is 15.8. The van der Waals surface area contributed by atoms with Gasteiger partial charge in [-0.25, -0.2) is 0 Å². The highest BCUT2D eigenvalue weighted by Crippen LogP contribution is 2.31. The van der Waals surface area contributed by atoms with Crippen LogP contribution >= 0.6 is 24.0 Å². The highest BCUT2D eigenvalue weighted by Gasteiger charge is 2.29. The maximum absolute atomic E-state index is 11.1. The molecule has 1 saturated carbocycles. The number of thiocarbonyl (C=S) groups is 1. The Morgan fingerprint density at radius 3 is 2.58 bits per heavy atom. The third kappa shape index (κ3) is 4.71. The van der Waals surface area contributed by atoms with Crippen LogP contribution in [0.15, 0.2) is 30.3 Å². The van der Waals surface area contributed by atoms with E-state index in [-0.39, 0.29) is 5.92 Å². The quantitative estimate of drug-likeness (QED) is 0.805. The molecule has 0 unspecified atom stereocenters. The maximum Gasteiger partial charge on any atom is 0.306 e. The largest absolute Gasteiger partial charge is 0.481 e. The first kappa shape index (κ1) is 17.7. The van der Waals surface area contributed by atoms with Crippen LogP contribution in [0, 0.1) is 11.8 Å². The van der Waals surface area contributed by atoms with E-state index in [1.165, 1.54) is 5.56 Å². The lowest BCUT2D eigenvalue weighted by molar-refractivity contribution is -0.143. The van der Waals surface area contributed by atoms with Gasteiger partial charge in [0, 0.05) is 13.1 Å². The molecule has 0 atom stereocenters. The van der Waals surface area contributed by atoms with E-state index in [9.17, 15) is 4.79 Å². The molecule has 6 heteroatoms. The number of carbonyl (C=O) groups is 1. The van der Waals surface area contributed by atoms with Gasteiger partial charge in [-0.3, -0.25) is 9.69 Å². The molecule has 1 aromatic carbocycles. The van der Waals surface area contributed by atoms with Gasteiger partial charge in [-0.15, -0.1) is 0 Å². The lowest BCUT2D eigenvalue weighted by Gasteiger charge is -2.39. The zero-order valence-electron chi connectivity index (χ0n) is 13.8. The van der Waals surface area contributed by atoms with E-state index in [0.29, 0.717) is 5.92 Å². The normalized spacial score (nSPS) is 25.7. The molecule has 3 rings (SSSR count). The second-order valence-electron chi connectivity index (χ2n) is 6.77. The second kappa shape index (κ2) is 8.32. The number of thioether (sulfide) groups is 1. The second-order valence-corrected chi connectivity index (χ2v) is 8.35. The van der Waals surface area contributed by atoms with Crippen LogP contribution in [-0.2, 0) is 11.3 Å². The molecule has 0 amide bonds. The summed E-state index contributed by atoms with van der Waals surface area (Å²) in [7, 11) is 0. The molecule has 2 fully saturated rings. The molecule has 1 N–H and O–H groups in total. The van der Waals surface area contributed by atoms with Crippen LogP contribution in [0.4, 0.5) is 0 Å². The number of carboxylic acids is 1. The van der Waals surface area contributed by atoms with E-state index in [2.05, 4.69) is 34.1 Å². The van der Waals surface area contributed by atoms with E-state index in [0.717, 1.165) is 55.6 Å². The van der Waals surface area contributed by atoms with Crippen molar-refractivity contribution < 1.29 is 9.90 Å². The molecule has 1 heterocycles. The van der Waals surface area contributed by atoms with Gasteiger partial charge in [0.1, 0.15) is 4.32 Å². The first-order chi connectivity index (χ1) is 11.6. The first-order valence-corrected chi connectivity index (χ1v) is 9.92. The lowest BCUT2D eigenvalue weighted by Crippen LogP contribution is -2.46. The molecule has 4 nitrogen and oxygen atoms in total. The summed E-state index contributed by atoms with van der Waals surface area (Å²) in [5.41, 5.74) is 1.28.